The maximum absolute atomic E-state index is 5.96. The van der Waals surface area contributed by atoms with Gasteiger partial charge in [0.25, 0.3) is 0 Å². The van der Waals surface area contributed by atoms with Crippen LogP contribution >= 0.6 is 24.0 Å². The Kier molecular flexibility index (Phi) is 9.19. The summed E-state index contributed by atoms with van der Waals surface area (Å²) in [7, 11) is 1.68. The molecule has 7 heteroatoms. The molecule has 2 aromatic carbocycles. The third kappa shape index (κ3) is 6.47. The highest BCUT2D eigenvalue weighted by Crippen LogP contribution is 2.30. The topological polar surface area (TPSA) is 64.1 Å². The fourth-order valence-corrected chi connectivity index (χ4v) is 2.84. The van der Waals surface area contributed by atoms with E-state index >= 15 is 0 Å². The minimum absolute atomic E-state index is 0. The minimum atomic E-state index is -0.0891. The maximum atomic E-state index is 5.96. The lowest BCUT2D eigenvalue weighted by Gasteiger charge is -2.25. The summed E-state index contributed by atoms with van der Waals surface area (Å²) in [5, 5.41) is 6.64. The third-order valence-corrected chi connectivity index (χ3v) is 4.21. The van der Waals surface area contributed by atoms with Gasteiger partial charge in [0.05, 0.1) is 13.7 Å². The van der Waals surface area contributed by atoms with Gasteiger partial charge in [-0.3, -0.25) is 0 Å². The molecule has 0 aromatic heterocycles. The van der Waals surface area contributed by atoms with Crippen molar-refractivity contribution in [2.24, 2.45) is 4.99 Å². The van der Waals surface area contributed by atoms with E-state index in [1.54, 1.807) is 7.11 Å². The van der Waals surface area contributed by atoms with Crippen LogP contribution in [0.25, 0.3) is 0 Å². The van der Waals surface area contributed by atoms with Crippen molar-refractivity contribution in [3.05, 3.63) is 54.1 Å². The number of nitrogens with one attached hydrogen (secondary N) is 2. The van der Waals surface area contributed by atoms with E-state index in [-0.39, 0.29) is 30.1 Å². The molecule has 152 valence electrons. The Morgan fingerprint density at radius 2 is 1.96 bits per heavy atom. The fraction of sp³-hybridized carbons (Fsp3) is 0.381. The highest BCUT2D eigenvalue weighted by molar-refractivity contribution is 14.0. The van der Waals surface area contributed by atoms with Crippen molar-refractivity contribution in [3.8, 4) is 17.2 Å². The summed E-state index contributed by atoms with van der Waals surface area (Å²) < 4.78 is 17.0. The zero-order valence-electron chi connectivity index (χ0n) is 16.3. The Morgan fingerprint density at radius 1 is 1.14 bits per heavy atom. The molecule has 6 nitrogen and oxygen atoms in total. The lowest BCUT2D eigenvalue weighted by Crippen LogP contribution is -2.40. The Hall–Kier alpha value is -2.16. The molecule has 28 heavy (non-hydrogen) atoms. The molecule has 1 aliphatic rings. The Labute approximate surface area is 183 Å². The molecule has 0 amide bonds. The van der Waals surface area contributed by atoms with Crippen LogP contribution in [0.4, 0.5) is 0 Å². The van der Waals surface area contributed by atoms with Crippen LogP contribution in [0.15, 0.2) is 53.5 Å². The first-order chi connectivity index (χ1) is 13.3. The highest BCUT2D eigenvalue weighted by atomic mass is 127. The lowest BCUT2D eigenvalue weighted by molar-refractivity contribution is 0.0971. The molecule has 1 heterocycles. The number of methoxy groups -OCH3 is 1. The fourth-order valence-electron chi connectivity index (χ4n) is 2.84. The number of hydrogen-bond acceptors (Lipinski definition) is 4. The molecule has 1 unspecified atom stereocenters. The third-order valence-electron chi connectivity index (χ3n) is 4.21. The Balaban J connectivity index is 0.00000280. The molecule has 3 rings (SSSR count). The molecule has 0 aliphatic carbocycles. The van der Waals surface area contributed by atoms with Gasteiger partial charge in [-0.25, -0.2) is 4.99 Å². The summed E-state index contributed by atoms with van der Waals surface area (Å²) in [6, 6.07) is 15.8. The van der Waals surface area contributed by atoms with Gasteiger partial charge in [0.2, 0.25) is 0 Å². The number of nitrogens with zero attached hydrogens (tertiary/aromatic N) is 1. The van der Waals surface area contributed by atoms with Crippen LogP contribution < -0.4 is 24.8 Å². The lowest BCUT2D eigenvalue weighted by atomic mass is 10.1. The van der Waals surface area contributed by atoms with Gasteiger partial charge >= 0.3 is 0 Å². The SMILES string of the molecule is CCNC(=NCC1COc2ccccc2O1)NCCc1cccc(OC)c1.I. The molecule has 1 atom stereocenters. The first-order valence-electron chi connectivity index (χ1n) is 9.32. The van der Waals surface area contributed by atoms with Crippen molar-refractivity contribution in [1.82, 2.24) is 10.6 Å². The van der Waals surface area contributed by atoms with E-state index in [1.165, 1.54) is 5.56 Å². The number of aliphatic imine (C=N–C) groups is 1. The maximum Gasteiger partial charge on any atom is 0.191 e. The van der Waals surface area contributed by atoms with E-state index in [0.29, 0.717) is 13.2 Å². The molecule has 0 bridgehead atoms. The normalized spacial score (nSPS) is 15.4. The van der Waals surface area contributed by atoms with Gasteiger partial charge in [0.15, 0.2) is 23.6 Å². The van der Waals surface area contributed by atoms with E-state index in [1.807, 2.05) is 36.4 Å². The average molecular weight is 497 g/mol. The second-order valence-electron chi connectivity index (χ2n) is 6.25. The van der Waals surface area contributed by atoms with Gasteiger partial charge in [-0.1, -0.05) is 24.3 Å². The van der Waals surface area contributed by atoms with Gasteiger partial charge < -0.3 is 24.8 Å². The number of halogens is 1. The van der Waals surface area contributed by atoms with Crippen molar-refractivity contribution in [2.75, 3.05) is 33.4 Å². The molecule has 0 saturated heterocycles. The number of benzene rings is 2. The summed E-state index contributed by atoms with van der Waals surface area (Å²) in [4.78, 5) is 4.64. The van der Waals surface area contributed by atoms with Crippen molar-refractivity contribution in [1.29, 1.82) is 0 Å². The number of guanidine groups is 1. The van der Waals surface area contributed by atoms with Crippen molar-refractivity contribution >= 4 is 29.9 Å². The molecular weight excluding hydrogens is 469 g/mol. The number of hydrogen-bond donors (Lipinski definition) is 2. The van der Waals surface area contributed by atoms with Gasteiger partial charge in [-0.2, -0.15) is 0 Å². The Bertz CT molecular complexity index is 770. The van der Waals surface area contributed by atoms with Crippen LogP contribution in [0.3, 0.4) is 0 Å². The van der Waals surface area contributed by atoms with Gasteiger partial charge in [0, 0.05) is 13.1 Å². The van der Waals surface area contributed by atoms with Gasteiger partial charge in [-0.15, -0.1) is 24.0 Å². The summed E-state index contributed by atoms with van der Waals surface area (Å²) in [5.41, 5.74) is 1.22. The summed E-state index contributed by atoms with van der Waals surface area (Å²) in [6.45, 7) is 4.67. The molecule has 0 saturated carbocycles. The van der Waals surface area contributed by atoms with Crippen LogP contribution in [0, 0.1) is 0 Å². The monoisotopic (exact) mass is 497 g/mol. The first kappa shape index (κ1) is 22.1. The van der Waals surface area contributed by atoms with Crippen LogP contribution in [0.2, 0.25) is 0 Å². The van der Waals surface area contributed by atoms with E-state index < -0.39 is 0 Å². The number of ether oxygens (including phenoxy) is 3. The predicted octanol–water partition coefficient (Wildman–Crippen LogP) is 3.25. The van der Waals surface area contributed by atoms with E-state index in [9.17, 15) is 0 Å². The van der Waals surface area contributed by atoms with Crippen molar-refractivity contribution in [3.63, 3.8) is 0 Å². The molecule has 0 radical (unpaired) electrons. The second-order valence-corrected chi connectivity index (χ2v) is 6.25. The smallest absolute Gasteiger partial charge is 0.191 e. The summed E-state index contributed by atoms with van der Waals surface area (Å²) >= 11 is 0. The van der Waals surface area contributed by atoms with E-state index in [2.05, 4.69) is 34.7 Å². The quantitative estimate of drug-likeness (QED) is 0.350. The number of rotatable bonds is 7. The van der Waals surface area contributed by atoms with Crippen molar-refractivity contribution < 1.29 is 14.2 Å². The molecule has 0 spiro atoms. The van der Waals surface area contributed by atoms with Crippen LogP contribution in [-0.4, -0.2) is 45.4 Å². The zero-order chi connectivity index (χ0) is 18.9. The number of fused-ring (bicyclic) bond motifs is 1. The molecular formula is C21H28IN3O3. The van der Waals surface area contributed by atoms with Gasteiger partial charge in [-0.05, 0) is 43.2 Å². The molecule has 0 fully saturated rings. The van der Waals surface area contributed by atoms with Crippen LogP contribution in [0.5, 0.6) is 17.2 Å². The largest absolute Gasteiger partial charge is 0.497 e. The summed E-state index contributed by atoms with van der Waals surface area (Å²) in [6.07, 6.45) is 0.798. The first-order valence-corrected chi connectivity index (χ1v) is 9.32. The highest BCUT2D eigenvalue weighted by Gasteiger charge is 2.20. The van der Waals surface area contributed by atoms with Crippen molar-refractivity contribution in [2.45, 2.75) is 19.4 Å². The predicted molar refractivity (Wildman–Crippen MR) is 122 cm³/mol. The molecule has 1 aliphatic heterocycles. The average Bonchev–Trinajstić information content (AvgIpc) is 2.72. The number of para-hydroxylation sites is 2. The zero-order valence-corrected chi connectivity index (χ0v) is 18.6. The van der Waals surface area contributed by atoms with E-state index in [4.69, 9.17) is 14.2 Å². The van der Waals surface area contributed by atoms with Crippen LogP contribution in [0.1, 0.15) is 12.5 Å². The molecule has 2 aromatic rings. The minimum Gasteiger partial charge on any atom is -0.497 e. The summed E-state index contributed by atoms with van der Waals surface area (Å²) in [5.74, 6) is 3.23. The standard InChI is InChI=1S/C21H27N3O3.HI/c1-3-22-21(23-12-11-16-7-6-8-17(13-16)25-2)24-14-18-15-26-19-9-4-5-10-20(19)27-18;/h4-10,13,18H,3,11-12,14-15H2,1-2H3,(H2,22,23,24);1H. The van der Waals surface area contributed by atoms with Gasteiger partial charge in [0.1, 0.15) is 12.4 Å². The second kappa shape index (κ2) is 11.6. The van der Waals surface area contributed by atoms with Crippen LogP contribution in [-0.2, 0) is 6.42 Å². The molecule has 2 N–H and O–H groups in total. The Morgan fingerprint density at radius 3 is 2.75 bits per heavy atom. The van der Waals surface area contributed by atoms with E-state index in [0.717, 1.165) is 42.7 Å².